The number of amides is 1. The van der Waals surface area contributed by atoms with Crippen molar-refractivity contribution in [3.8, 4) is 5.75 Å². The van der Waals surface area contributed by atoms with Gasteiger partial charge in [0, 0.05) is 37.3 Å². The second kappa shape index (κ2) is 6.02. The smallest absolute Gasteiger partial charge is 0.224 e. The molecular formula is C16H21FN2O2. The zero-order valence-corrected chi connectivity index (χ0v) is 12.3. The van der Waals surface area contributed by atoms with Crippen LogP contribution in [0, 0.1) is 11.7 Å². The van der Waals surface area contributed by atoms with Gasteiger partial charge in [0.15, 0.2) is 0 Å². The van der Waals surface area contributed by atoms with Gasteiger partial charge in [-0.15, -0.1) is 0 Å². The van der Waals surface area contributed by atoms with Crippen molar-refractivity contribution in [1.82, 2.24) is 10.2 Å². The maximum atomic E-state index is 14.1. The molecule has 0 aromatic heterocycles. The third kappa shape index (κ3) is 3.18. The number of halogens is 1. The van der Waals surface area contributed by atoms with Gasteiger partial charge in [0.1, 0.15) is 11.6 Å². The molecule has 0 radical (unpaired) electrons. The lowest BCUT2D eigenvalue weighted by Gasteiger charge is -2.27. The van der Waals surface area contributed by atoms with E-state index in [0.717, 1.165) is 25.8 Å². The molecule has 2 unspecified atom stereocenters. The van der Waals surface area contributed by atoms with E-state index in [2.05, 4.69) is 10.2 Å². The molecule has 0 saturated carbocycles. The van der Waals surface area contributed by atoms with E-state index in [4.69, 9.17) is 4.74 Å². The lowest BCUT2D eigenvalue weighted by atomic mass is 9.99. The third-order valence-electron chi connectivity index (χ3n) is 4.43. The Labute approximate surface area is 124 Å². The summed E-state index contributed by atoms with van der Waals surface area (Å²) in [5.41, 5.74) is 0.656. The topological polar surface area (TPSA) is 41.6 Å². The van der Waals surface area contributed by atoms with Gasteiger partial charge in [-0.2, -0.15) is 0 Å². The number of nitrogens with zero attached hydrogens (tertiary/aromatic N) is 1. The summed E-state index contributed by atoms with van der Waals surface area (Å²) in [5, 5.41) is 3.10. The van der Waals surface area contributed by atoms with E-state index in [1.807, 2.05) is 0 Å². The highest BCUT2D eigenvalue weighted by molar-refractivity contribution is 5.79. The van der Waals surface area contributed by atoms with E-state index in [1.54, 1.807) is 12.1 Å². The van der Waals surface area contributed by atoms with Gasteiger partial charge in [0.2, 0.25) is 5.91 Å². The quantitative estimate of drug-likeness (QED) is 0.925. The first kappa shape index (κ1) is 14.3. The van der Waals surface area contributed by atoms with Gasteiger partial charge in [-0.05, 0) is 18.9 Å². The van der Waals surface area contributed by atoms with Crippen molar-refractivity contribution < 1.29 is 13.9 Å². The number of nitrogens with one attached hydrogen (secondary N) is 1. The number of methoxy groups -OCH3 is 1. The average molecular weight is 292 g/mol. The van der Waals surface area contributed by atoms with Crippen molar-refractivity contribution in [3.05, 3.63) is 29.6 Å². The fourth-order valence-electron chi connectivity index (χ4n) is 3.30. The molecule has 1 amide bonds. The predicted molar refractivity (Wildman–Crippen MR) is 77.5 cm³/mol. The number of rotatable bonds is 3. The number of fused-ring (bicyclic) bond motifs is 3. The van der Waals surface area contributed by atoms with Crippen molar-refractivity contribution in [2.24, 2.45) is 5.92 Å². The minimum Gasteiger partial charge on any atom is -0.497 e. The van der Waals surface area contributed by atoms with Gasteiger partial charge in [-0.25, -0.2) is 4.39 Å². The van der Waals surface area contributed by atoms with Gasteiger partial charge in [-0.3, -0.25) is 9.69 Å². The van der Waals surface area contributed by atoms with Crippen molar-refractivity contribution in [2.45, 2.75) is 31.8 Å². The summed E-state index contributed by atoms with van der Waals surface area (Å²) >= 11 is 0. The standard InChI is InChI=1S/C16H21FN2O2/c1-21-14-6-5-11(15(17)7-14)8-19-9-12-3-2-4-13(10-19)18-16(12)20/h5-7,12-13H,2-4,8-10H2,1H3,(H,18,20). The molecule has 2 heterocycles. The van der Waals surface area contributed by atoms with Gasteiger partial charge in [0.25, 0.3) is 0 Å². The monoisotopic (exact) mass is 292 g/mol. The zero-order valence-electron chi connectivity index (χ0n) is 12.3. The molecular weight excluding hydrogens is 271 g/mol. The Morgan fingerprint density at radius 2 is 2.24 bits per heavy atom. The molecule has 1 N–H and O–H groups in total. The molecule has 2 bridgehead atoms. The summed E-state index contributed by atoms with van der Waals surface area (Å²) in [4.78, 5) is 14.2. The lowest BCUT2D eigenvalue weighted by Crippen LogP contribution is -2.38. The number of hydrogen-bond acceptors (Lipinski definition) is 3. The van der Waals surface area contributed by atoms with E-state index in [9.17, 15) is 9.18 Å². The Hall–Kier alpha value is -1.62. The van der Waals surface area contributed by atoms with Gasteiger partial charge < -0.3 is 10.1 Å². The van der Waals surface area contributed by atoms with Crippen LogP contribution in [-0.4, -0.2) is 37.0 Å². The first-order chi connectivity index (χ1) is 10.2. The molecule has 2 saturated heterocycles. The fourth-order valence-corrected chi connectivity index (χ4v) is 3.30. The van der Waals surface area contributed by atoms with Crippen LogP contribution in [0.4, 0.5) is 4.39 Å². The Morgan fingerprint density at radius 1 is 1.38 bits per heavy atom. The highest BCUT2D eigenvalue weighted by Crippen LogP contribution is 2.24. The largest absolute Gasteiger partial charge is 0.497 e. The molecule has 1 aromatic rings. The van der Waals surface area contributed by atoms with Crippen molar-refractivity contribution in [2.75, 3.05) is 20.2 Å². The molecule has 3 rings (SSSR count). The van der Waals surface area contributed by atoms with E-state index in [-0.39, 0.29) is 23.7 Å². The molecule has 2 aliphatic rings. The molecule has 2 fully saturated rings. The minimum atomic E-state index is -0.247. The molecule has 2 aliphatic heterocycles. The Kier molecular flexibility index (Phi) is 4.10. The highest BCUT2D eigenvalue weighted by atomic mass is 19.1. The van der Waals surface area contributed by atoms with E-state index in [1.165, 1.54) is 13.2 Å². The van der Waals surface area contributed by atoms with Crippen LogP contribution in [0.3, 0.4) is 0 Å². The Balaban J connectivity index is 1.74. The normalized spacial score (nSPS) is 26.1. The Bertz CT molecular complexity index is 535. The lowest BCUT2D eigenvalue weighted by molar-refractivity contribution is -0.124. The van der Waals surface area contributed by atoms with Gasteiger partial charge in [-0.1, -0.05) is 12.5 Å². The minimum absolute atomic E-state index is 0.0406. The number of hydrogen-bond donors (Lipinski definition) is 1. The Morgan fingerprint density at radius 3 is 3.00 bits per heavy atom. The number of likely N-dealkylation sites (tertiary alicyclic amines) is 1. The third-order valence-corrected chi connectivity index (χ3v) is 4.43. The summed E-state index contributed by atoms with van der Waals surface area (Å²) in [5.74, 6) is 0.484. The summed E-state index contributed by atoms with van der Waals surface area (Å²) in [6, 6.07) is 5.16. The SMILES string of the molecule is COc1ccc(CN2CC3CCCC(C2)C(=O)N3)c(F)c1. The van der Waals surface area contributed by atoms with E-state index >= 15 is 0 Å². The molecule has 4 nitrogen and oxygen atoms in total. The molecule has 1 aromatic carbocycles. The van der Waals surface area contributed by atoms with Crippen molar-refractivity contribution in [1.29, 1.82) is 0 Å². The van der Waals surface area contributed by atoms with Crippen molar-refractivity contribution in [3.63, 3.8) is 0 Å². The number of carbonyl (C=O) groups is 1. The summed E-state index contributed by atoms with van der Waals surface area (Å²) < 4.78 is 19.1. The van der Waals surface area contributed by atoms with Crippen LogP contribution in [0.5, 0.6) is 5.75 Å². The summed E-state index contributed by atoms with van der Waals surface area (Å²) in [6.07, 6.45) is 3.05. The highest BCUT2D eigenvalue weighted by Gasteiger charge is 2.32. The van der Waals surface area contributed by atoms with E-state index < -0.39 is 0 Å². The zero-order chi connectivity index (χ0) is 14.8. The summed E-state index contributed by atoms with van der Waals surface area (Å²) in [6.45, 7) is 2.05. The molecule has 5 heteroatoms. The summed E-state index contributed by atoms with van der Waals surface area (Å²) in [7, 11) is 1.53. The van der Waals surface area contributed by atoms with Crippen LogP contribution in [0.1, 0.15) is 24.8 Å². The van der Waals surface area contributed by atoms with E-state index in [0.29, 0.717) is 24.4 Å². The van der Waals surface area contributed by atoms with Gasteiger partial charge in [0.05, 0.1) is 13.0 Å². The molecule has 0 spiro atoms. The molecule has 2 atom stereocenters. The molecule has 0 aliphatic carbocycles. The van der Waals surface area contributed by atoms with Crippen molar-refractivity contribution >= 4 is 5.91 Å². The van der Waals surface area contributed by atoms with Crippen LogP contribution >= 0.6 is 0 Å². The average Bonchev–Trinajstić information content (AvgIpc) is 2.69. The van der Waals surface area contributed by atoms with Gasteiger partial charge >= 0.3 is 0 Å². The predicted octanol–water partition coefficient (Wildman–Crippen LogP) is 1.93. The second-order valence-electron chi connectivity index (χ2n) is 5.98. The maximum absolute atomic E-state index is 14.1. The number of ether oxygens (including phenoxy) is 1. The molecule has 114 valence electrons. The second-order valence-corrected chi connectivity index (χ2v) is 5.98. The van der Waals surface area contributed by atoms with Crippen LogP contribution in [0.2, 0.25) is 0 Å². The first-order valence-electron chi connectivity index (χ1n) is 7.51. The van der Waals surface area contributed by atoms with Crippen LogP contribution in [-0.2, 0) is 11.3 Å². The number of carbonyl (C=O) groups excluding carboxylic acids is 1. The maximum Gasteiger partial charge on any atom is 0.224 e. The first-order valence-corrected chi connectivity index (χ1v) is 7.51. The van der Waals surface area contributed by atoms with Crippen LogP contribution < -0.4 is 10.1 Å². The van der Waals surface area contributed by atoms with Crippen LogP contribution in [0.25, 0.3) is 0 Å². The fraction of sp³-hybridized carbons (Fsp3) is 0.562. The number of benzene rings is 1. The van der Waals surface area contributed by atoms with Crippen LogP contribution in [0.15, 0.2) is 18.2 Å². The molecule has 21 heavy (non-hydrogen) atoms.